The molecular weight excluding hydrogens is 224 g/mol. The number of anilines is 2. The molecule has 1 aromatic heterocycles. The molecule has 0 radical (unpaired) electrons. The van der Waals surface area contributed by atoms with Crippen LogP contribution in [0.4, 0.5) is 11.5 Å². The molecule has 0 bridgehead atoms. The zero-order chi connectivity index (χ0) is 12.1. The standard InChI is InChI=1S/C11H15ClN4/c1-3-16(7-8(2)6-13)11-9(14)4-5-10(12)15-11/h4-5,8H,3,7,14H2,1-2H3. The third-order valence-corrected chi connectivity index (χ3v) is 2.48. The average molecular weight is 239 g/mol. The summed E-state index contributed by atoms with van der Waals surface area (Å²) in [6, 6.07) is 5.57. The number of hydrogen-bond donors (Lipinski definition) is 1. The molecule has 1 unspecified atom stereocenters. The van der Waals surface area contributed by atoms with Gasteiger partial charge >= 0.3 is 0 Å². The van der Waals surface area contributed by atoms with E-state index in [0.29, 0.717) is 23.2 Å². The molecule has 0 aliphatic heterocycles. The molecule has 5 heteroatoms. The van der Waals surface area contributed by atoms with Gasteiger partial charge in [0.15, 0.2) is 5.82 Å². The van der Waals surface area contributed by atoms with E-state index >= 15 is 0 Å². The monoisotopic (exact) mass is 238 g/mol. The van der Waals surface area contributed by atoms with Crippen LogP contribution in [0.15, 0.2) is 12.1 Å². The summed E-state index contributed by atoms with van der Waals surface area (Å²) in [6.07, 6.45) is 0. The number of nitrogens with zero attached hydrogens (tertiary/aromatic N) is 3. The van der Waals surface area contributed by atoms with Crippen molar-refractivity contribution >= 4 is 23.1 Å². The van der Waals surface area contributed by atoms with Crippen LogP contribution in [0.1, 0.15) is 13.8 Å². The van der Waals surface area contributed by atoms with Crippen LogP contribution in [-0.2, 0) is 0 Å². The highest BCUT2D eigenvalue weighted by molar-refractivity contribution is 6.29. The number of nitrogen functional groups attached to an aromatic ring is 1. The van der Waals surface area contributed by atoms with Crippen LogP contribution in [0.5, 0.6) is 0 Å². The summed E-state index contributed by atoms with van der Waals surface area (Å²) < 4.78 is 0. The van der Waals surface area contributed by atoms with Gasteiger partial charge in [-0.3, -0.25) is 0 Å². The van der Waals surface area contributed by atoms with E-state index in [4.69, 9.17) is 22.6 Å². The van der Waals surface area contributed by atoms with Crippen molar-refractivity contribution in [3.05, 3.63) is 17.3 Å². The van der Waals surface area contributed by atoms with Gasteiger partial charge in [-0.05, 0) is 26.0 Å². The maximum Gasteiger partial charge on any atom is 0.153 e. The summed E-state index contributed by atoms with van der Waals surface area (Å²) in [6.45, 7) is 5.20. The zero-order valence-electron chi connectivity index (χ0n) is 9.44. The summed E-state index contributed by atoms with van der Waals surface area (Å²) in [5.41, 5.74) is 6.42. The maximum atomic E-state index is 8.80. The lowest BCUT2D eigenvalue weighted by atomic mass is 10.2. The van der Waals surface area contributed by atoms with Crippen LogP contribution in [-0.4, -0.2) is 18.1 Å². The molecule has 0 aliphatic rings. The van der Waals surface area contributed by atoms with E-state index in [-0.39, 0.29) is 5.92 Å². The predicted molar refractivity (Wildman–Crippen MR) is 66.3 cm³/mol. The highest BCUT2D eigenvalue weighted by Crippen LogP contribution is 2.23. The highest BCUT2D eigenvalue weighted by Gasteiger charge is 2.13. The molecule has 1 heterocycles. The Bertz CT molecular complexity index is 399. The largest absolute Gasteiger partial charge is 0.396 e. The van der Waals surface area contributed by atoms with Gasteiger partial charge < -0.3 is 10.6 Å². The Kier molecular flexibility index (Phi) is 4.39. The van der Waals surface area contributed by atoms with Crippen molar-refractivity contribution in [2.45, 2.75) is 13.8 Å². The van der Waals surface area contributed by atoms with Gasteiger partial charge in [0.05, 0.1) is 17.7 Å². The lowest BCUT2D eigenvalue weighted by Gasteiger charge is -2.24. The number of nitrogens with two attached hydrogens (primary N) is 1. The summed E-state index contributed by atoms with van der Waals surface area (Å²) >= 11 is 5.83. The fraction of sp³-hybridized carbons (Fsp3) is 0.455. The van der Waals surface area contributed by atoms with Gasteiger partial charge in [0.1, 0.15) is 5.15 Å². The van der Waals surface area contributed by atoms with Gasteiger partial charge in [-0.2, -0.15) is 5.26 Å². The molecule has 0 saturated heterocycles. The van der Waals surface area contributed by atoms with Crippen LogP contribution in [0.2, 0.25) is 5.15 Å². The minimum absolute atomic E-state index is 0.0693. The van der Waals surface area contributed by atoms with E-state index in [2.05, 4.69) is 11.1 Å². The van der Waals surface area contributed by atoms with Gasteiger partial charge in [-0.25, -0.2) is 4.98 Å². The quantitative estimate of drug-likeness (QED) is 0.818. The van der Waals surface area contributed by atoms with E-state index < -0.39 is 0 Å². The number of hydrogen-bond acceptors (Lipinski definition) is 4. The Hall–Kier alpha value is -1.47. The van der Waals surface area contributed by atoms with Gasteiger partial charge in [-0.15, -0.1) is 0 Å². The van der Waals surface area contributed by atoms with Crippen LogP contribution in [0.25, 0.3) is 0 Å². The van der Waals surface area contributed by atoms with Crippen LogP contribution in [0, 0.1) is 17.2 Å². The zero-order valence-corrected chi connectivity index (χ0v) is 10.2. The molecule has 0 saturated carbocycles. The highest BCUT2D eigenvalue weighted by atomic mass is 35.5. The number of rotatable bonds is 4. The molecule has 0 aliphatic carbocycles. The number of halogens is 1. The van der Waals surface area contributed by atoms with E-state index in [0.717, 1.165) is 6.54 Å². The van der Waals surface area contributed by atoms with E-state index in [1.807, 2.05) is 18.7 Å². The predicted octanol–water partition coefficient (Wildman–Crippen LogP) is 2.30. The lowest BCUT2D eigenvalue weighted by Crippen LogP contribution is -2.29. The maximum absolute atomic E-state index is 8.80. The van der Waals surface area contributed by atoms with Crippen LogP contribution in [0.3, 0.4) is 0 Å². The molecule has 0 aromatic carbocycles. The first kappa shape index (κ1) is 12.6. The number of pyridine rings is 1. The van der Waals surface area contributed by atoms with Crippen molar-refractivity contribution in [1.82, 2.24) is 4.98 Å². The molecule has 0 fully saturated rings. The average Bonchev–Trinajstić information content (AvgIpc) is 2.29. The van der Waals surface area contributed by atoms with Crippen molar-refractivity contribution in [3.8, 4) is 6.07 Å². The molecular formula is C11H15ClN4. The van der Waals surface area contributed by atoms with Crippen LogP contribution < -0.4 is 10.6 Å². The summed E-state index contributed by atoms with van der Waals surface area (Å²) in [4.78, 5) is 6.14. The third-order valence-electron chi connectivity index (χ3n) is 2.27. The number of nitriles is 1. The Morgan fingerprint density at radius 3 is 2.88 bits per heavy atom. The molecule has 4 nitrogen and oxygen atoms in total. The minimum atomic E-state index is -0.0693. The van der Waals surface area contributed by atoms with Crippen molar-refractivity contribution in [3.63, 3.8) is 0 Å². The fourth-order valence-electron chi connectivity index (χ4n) is 1.43. The molecule has 1 aromatic rings. The van der Waals surface area contributed by atoms with Crippen molar-refractivity contribution in [1.29, 1.82) is 5.26 Å². The smallest absolute Gasteiger partial charge is 0.153 e. The van der Waals surface area contributed by atoms with Gasteiger partial charge in [0, 0.05) is 13.1 Å². The Morgan fingerprint density at radius 2 is 2.31 bits per heavy atom. The minimum Gasteiger partial charge on any atom is -0.396 e. The Morgan fingerprint density at radius 1 is 1.62 bits per heavy atom. The van der Waals surface area contributed by atoms with Crippen molar-refractivity contribution < 1.29 is 0 Å². The first-order valence-corrected chi connectivity index (χ1v) is 5.52. The summed E-state index contributed by atoms with van der Waals surface area (Å²) in [5.74, 6) is 0.581. The molecule has 2 N–H and O–H groups in total. The SMILES string of the molecule is CCN(CC(C)C#N)c1nc(Cl)ccc1N. The topological polar surface area (TPSA) is 65.9 Å². The van der Waals surface area contributed by atoms with Gasteiger partial charge in [0.25, 0.3) is 0 Å². The fourth-order valence-corrected chi connectivity index (χ4v) is 1.57. The second kappa shape index (κ2) is 5.57. The van der Waals surface area contributed by atoms with Crippen molar-refractivity contribution in [2.75, 3.05) is 23.7 Å². The molecule has 0 amide bonds. The lowest BCUT2D eigenvalue weighted by molar-refractivity contribution is 0.680. The molecule has 1 rings (SSSR count). The Balaban J connectivity index is 2.95. The number of aromatic nitrogens is 1. The van der Waals surface area contributed by atoms with E-state index in [1.54, 1.807) is 12.1 Å². The molecule has 1 atom stereocenters. The van der Waals surface area contributed by atoms with Crippen molar-refractivity contribution in [2.24, 2.45) is 5.92 Å². The van der Waals surface area contributed by atoms with E-state index in [9.17, 15) is 0 Å². The summed E-state index contributed by atoms with van der Waals surface area (Å²) in [5, 5.41) is 9.21. The molecule has 0 spiro atoms. The first-order chi connectivity index (χ1) is 7.58. The van der Waals surface area contributed by atoms with Crippen LogP contribution >= 0.6 is 11.6 Å². The second-order valence-corrected chi connectivity index (χ2v) is 4.00. The first-order valence-electron chi connectivity index (χ1n) is 5.15. The molecule has 16 heavy (non-hydrogen) atoms. The van der Waals surface area contributed by atoms with E-state index in [1.165, 1.54) is 0 Å². The van der Waals surface area contributed by atoms with Gasteiger partial charge in [-0.1, -0.05) is 11.6 Å². The second-order valence-electron chi connectivity index (χ2n) is 3.62. The molecule has 86 valence electrons. The summed E-state index contributed by atoms with van der Waals surface area (Å²) in [7, 11) is 0. The van der Waals surface area contributed by atoms with Gasteiger partial charge in [0.2, 0.25) is 0 Å². The Labute approximate surface area is 101 Å². The third kappa shape index (κ3) is 3.01. The normalized spacial score (nSPS) is 11.9.